The van der Waals surface area contributed by atoms with E-state index in [-0.39, 0.29) is 22.8 Å². The Morgan fingerprint density at radius 3 is 2.55 bits per heavy atom. The molecule has 0 fully saturated rings. The number of rotatable bonds is 5. The molecule has 0 atom stereocenters. The predicted molar refractivity (Wildman–Crippen MR) is 108 cm³/mol. The van der Waals surface area contributed by atoms with Crippen molar-refractivity contribution in [3.8, 4) is 16.9 Å². The molecule has 146 valence electrons. The zero-order valence-electron chi connectivity index (χ0n) is 15.1. The van der Waals surface area contributed by atoms with Gasteiger partial charge in [-0.15, -0.1) is 0 Å². The van der Waals surface area contributed by atoms with E-state index in [9.17, 15) is 18.7 Å². The first kappa shape index (κ1) is 18.8. The van der Waals surface area contributed by atoms with Gasteiger partial charge in [-0.25, -0.2) is 18.6 Å². The van der Waals surface area contributed by atoms with Crippen LogP contribution in [-0.4, -0.2) is 23.2 Å². The van der Waals surface area contributed by atoms with Crippen LogP contribution in [-0.2, 0) is 0 Å². The van der Waals surface area contributed by atoms with Crippen LogP contribution < -0.4 is 10.1 Å². The average molecular weight is 412 g/mol. The molecule has 0 saturated heterocycles. The fourth-order valence-corrected chi connectivity index (χ4v) is 3.81. The third-order valence-corrected chi connectivity index (χ3v) is 5.26. The summed E-state index contributed by atoms with van der Waals surface area (Å²) in [6, 6.07) is 13.4. The molecule has 0 amide bonds. The number of aromatic nitrogens is 1. The molecular weight excluding hydrogens is 398 g/mol. The first-order chi connectivity index (χ1) is 13.9. The minimum absolute atomic E-state index is 0.0299. The molecule has 0 saturated carbocycles. The number of ether oxygens (including phenoxy) is 1. The van der Waals surface area contributed by atoms with Gasteiger partial charge in [0.25, 0.3) is 0 Å². The van der Waals surface area contributed by atoms with Gasteiger partial charge in [0.2, 0.25) is 0 Å². The van der Waals surface area contributed by atoms with Gasteiger partial charge in [-0.2, -0.15) is 0 Å². The van der Waals surface area contributed by atoms with Gasteiger partial charge in [-0.3, -0.25) is 0 Å². The van der Waals surface area contributed by atoms with Crippen LogP contribution in [0, 0.1) is 11.6 Å². The topological polar surface area (TPSA) is 71.5 Å². The van der Waals surface area contributed by atoms with Crippen molar-refractivity contribution in [1.29, 1.82) is 0 Å². The van der Waals surface area contributed by atoms with Crippen molar-refractivity contribution in [2.45, 2.75) is 0 Å². The van der Waals surface area contributed by atoms with Gasteiger partial charge in [-0.1, -0.05) is 23.5 Å². The van der Waals surface area contributed by atoms with Crippen molar-refractivity contribution in [3.05, 3.63) is 71.8 Å². The summed E-state index contributed by atoms with van der Waals surface area (Å²) in [5, 5.41) is 12.5. The van der Waals surface area contributed by atoms with Gasteiger partial charge >= 0.3 is 5.97 Å². The SMILES string of the molecule is COc1cc(-c2ccc(Nc3nc4ccc(F)cc4s3)c(F)c2)ccc1C(=O)O. The van der Waals surface area contributed by atoms with Crippen molar-refractivity contribution in [2.75, 3.05) is 12.4 Å². The van der Waals surface area contributed by atoms with Gasteiger partial charge in [0.05, 0.1) is 23.0 Å². The monoisotopic (exact) mass is 412 g/mol. The van der Waals surface area contributed by atoms with E-state index in [1.54, 1.807) is 30.3 Å². The van der Waals surface area contributed by atoms with E-state index in [1.165, 1.54) is 42.7 Å². The van der Waals surface area contributed by atoms with Crippen molar-refractivity contribution < 1.29 is 23.4 Å². The molecule has 0 spiro atoms. The highest BCUT2D eigenvalue weighted by atomic mass is 32.1. The van der Waals surface area contributed by atoms with Crippen LogP contribution in [0.15, 0.2) is 54.6 Å². The largest absolute Gasteiger partial charge is 0.496 e. The minimum Gasteiger partial charge on any atom is -0.496 e. The molecule has 3 aromatic carbocycles. The fourth-order valence-electron chi connectivity index (χ4n) is 2.91. The van der Waals surface area contributed by atoms with Gasteiger partial charge in [0, 0.05) is 0 Å². The highest BCUT2D eigenvalue weighted by Gasteiger charge is 2.14. The fraction of sp³-hybridized carbons (Fsp3) is 0.0476. The molecule has 29 heavy (non-hydrogen) atoms. The van der Waals surface area contributed by atoms with Crippen molar-refractivity contribution in [2.24, 2.45) is 0 Å². The number of carboxylic acid groups (broad SMARTS) is 1. The lowest BCUT2D eigenvalue weighted by Gasteiger charge is -2.10. The summed E-state index contributed by atoms with van der Waals surface area (Å²) < 4.78 is 33.8. The number of halogens is 2. The first-order valence-electron chi connectivity index (χ1n) is 8.49. The quantitative estimate of drug-likeness (QED) is 0.441. The maximum Gasteiger partial charge on any atom is 0.339 e. The van der Waals surface area contributed by atoms with Crippen LogP contribution in [0.5, 0.6) is 5.75 Å². The first-order valence-corrected chi connectivity index (χ1v) is 9.30. The molecule has 5 nitrogen and oxygen atoms in total. The Balaban J connectivity index is 1.63. The number of methoxy groups -OCH3 is 1. The van der Waals surface area contributed by atoms with E-state index >= 15 is 0 Å². The van der Waals surface area contributed by atoms with Crippen LogP contribution in [0.1, 0.15) is 10.4 Å². The number of hydrogen-bond acceptors (Lipinski definition) is 5. The standard InChI is InChI=1S/C21H14F2N2O3S/c1-28-18-9-12(2-5-14(18)20(26)27)11-3-6-16(15(23)8-11)24-21-25-17-7-4-13(22)10-19(17)29-21/h2-10H,1H3,(H,24,25)(H,26,27). The molecule has 0 aliphatic carbocycles. The number of benzene rings is 3. The molecule has 0 bridgehead atoms. The van der Waals surface area contributed by atoms with E-state index in [4.69, 9.17) is 4.74 Å². The van der Waals surface area contributed by atoms with E-state index < -0.39 is 11.8 Å². The molecule has 0 aliphatic rings. The predicted octanol–water partition coefficient (Wildman–Crippen LogP) is 5.69. The Morgan fingerprint density at radius 1 is 1.07 bits per heavy atom. The van der Waals surface area contributed by atoms with Crippen LogP contribution in [0.2, 0.25) is 0 Å². The van der Waals surface area contributed by atoms with Crippen LogP contribution >= 0.6 is 11.3 Å². The molecule has 2 N–H and O–H groups in total. The van der Waals surface area contributed by atoms with E-state index in [2.05, 4.69) is 10.3 Å². The summed E-state index contributed by atoms with van der Waals surface area (Å²) in [4.78, 5) is 15.5. The number of nitrogens with one attached hydrogen (secondary N) is 1. The van der Waals surface area contributed by atoms with Crippen molar-refractivity contribution in [3.63, 3.8) is 0 Å². The second-order valence-electron chi connectivity index (χ2n) is 6.17. The summed E-state index contributed by atoms with van der Waals surface area (Å²) in [5.74, 6) is -1.77. The number of carbonyl (C=O) groups is 1. The van der Waals surface area contributed by atoms with Crippen LogP contribution in [0.4, 0.5) is 19.6 Å². The zero-order valence-corrected chi connectivity index (χ0v) is 15.9. The van der Waals surface area contributed by atoms with Crippen LogP contribution in [0.25, 0.3) is 21.3 Å². The second kappa shape index (κ2) is 7.48. The highest BCUT2D eigenvalue weighted by molar-refractivity contribution is 7.22. The molecule has 8 heteroatoms. The number of aromatic carboxylic acids is 1. The molecule has 0 unspecified atom stereocenters. The average Bonchev–Trinajstić information content (AvgIpc) is 3.10. The van der Waals surface area contributed by atoms with Gasteiger partial charge in [0.1, 0.15) is 22.9 Å². The molecule has 0 radical (unpaired) electrons. The number of fused-ring (bicyclic) bond motifs is 1. The molecule has 4 aromatic rings. The van der Waals surface area contributed by atoms with Gasteiger partial charge in [-0.05, 0) is 53.6 Å². The van der Waals surface area contributed by atoms with E-state index in [0.717, 1.165) is 0 Å². The third-order valence-electron chi connectivity index (χ3n) is 4.33. The number of nitrogens with zero attached hydrogens (tertiary/aromatic N) is 1. The number of thiazole rings is 1. The Morgan fingerprint density at radius 2 is 1.83 bits per heavy atom. The van der Waals surface area contributed by atoms with Gasteiger partial charge < -0.3 is 15.2 Å². The zero-order chi connectivity index (χ0) is 20.5. The summed E-state index contributed by atoms with van der Waals surface area (Å²) in [7, 11) is 1.38. The maximum absolute atomic E-state index is 14.7. The third kappa shape index (κ3) is 3.74. The summed E-state index contributed by atoms with van der Waals surface area (Å²) in [6.07, 6.45) is 0. The lowest BCUT2D eigenvalue weighted by atomic mass is 10.0. The van der Waals surface area contributed by atoms with E-state index in [0.29, 0.717) is 26.5 Å². The molecule has 1 heterocycles. The molecule has 0 aliphatic heterocycles. The van der Waals surface area contributed by atoms with Crippen LogP contribution in [0.3, 0.4) is 0 Å². The van der Waals surface area contributed by atoms with Crippen molar-refractivity contribution >= 4 is 38.3 Å². The normalized spacial score (nSPS) is 10.9. The molecule has 1 aromatic heterocycles. The number of carboxylic acids is 1. The maximum atomic E-state index is 14.7. The van der Waals surface area contributed by atoms with E-state index in [1.807, 2.05) is 0 Å². The second-order valence-corrected chi connectivity index (χ2v) is 7.20. The number of anilines is 2. The number of hydrogen-bond donors (Lipinski definition) is 2. The minimum atomic E-state index is -1.10. The highest BCUT2D eigenvalue weighted by Crippen LogP contribution is 2.32. The Kier molecular flexibility index (Phi) is 4.85. The lowest BCUT2D eigenvalue weighted by Crippen LogP contribution is -2.00. The van der Waals surface area contributed by atoms with Gasteiger partial charge in [0.15, 0.2) is 5.13 Å². The smallest absolute Gasteiger partial charge is 0.339 e. The Bertz CT molecular complexity index is 1240. The molecule has 4 rings (SSSR count). The summed E-state index contributed by atoms with van der Waals surface area (Å²) >= 11 is 1.22. The Labute approximate surface area is 168 Å². The molecular formula is C21H14F2N2O3S. The van der Waals surface area contributed by atoms with Crippen molar-refractivity contribution in [1.82, 2.24) is 4.98 Å². The Hall–Kier alpha value is -3.52. The lowest BCUT2D eigenvalue weighted by molar-refractivity contribution is 0.0693. The summed E-state index contributed by atoms with van der Waals surface area (Å²) in [6.45, 7) is 0. The summed E-state index contributed by atoms with van der Waals surface area (Å²) in [5.41, 5.74) is 2.06.